The van der Waals surface area contributed by atoms with Gasteiger partial charge in [0.15, 0.2) is 0 Å². The number of rotatable bonds is 12. The zero-order valence-corrected chi connectivity index (χ0v) is 18.1. The fourth-order valence-corrected chi connectivity index (χ4v) is 2.34. The van der Waals surface area contributed by atoms with Gasteiger partial charge in [-0.15, -0.1) is 0 Å². The van der Waals surface area contributed by atoms with Gasteiger partial charge in [-0.2, -0.15) is 0 Å². The molecule has 0 saturated heterocycles. The molecule has 0 radical (unpaired) electrons. The van der Waals surface area contributed by atoms with Crippen LogP contribution in [0.4, 0.5) is 0 Å². The van der Waals surface area contributed by atoms with Crippen LogP contribution < -0.4 is 0 Å². The van der Waals surface area contributed by atoms with Gasteiger partial charge in [-0.1, -0.05) is 65.0 Å². The minimum Gasteiger partial charge on any atom is -0.466 e. The van der Waals surface area contributed by atoms with Gasteiger partial charge in [0.05, 0.1) is 6.61 Å². The molecule has 0 spiro atoms. The summed E-state index contributed by atoms with van der Waals surface area (Å²) >= 11 is 3.17. The molecule has 0 aliphatic rings. The number of carbonyl (C=O) groups excluding carboxylic acids is 1. The van der Waals surface area contributed by atoms with E-state index in [0.717, 1.165) is 64.2 Å². The molecule has 27 heavy (non-hydrogen) atoms. The molecule has 0 rings (SSSR count). The number of allylic oxidation sites excluding steroid dienone is 3. The van der Waals surface area contributed by atoms with Gasteiger partial charge < -0.3 is 4.74 Å². The van der Waals surface area contributed by atoms with Crippen molar-refractivity contribution in [2.45, 2.75) is 77.6 Å². The van der Waals surface area contributed by atoms with Crippen LogP contribution in [-0.2, 0) is 9.53 Å². The third-order valence-electron chi connectivity index (χ3n) is 3.58. The molecule has 0 saturated carbocycles. The van der Waals surface area contributed by atoms with Gasteiger partial charge in [0, 0.05) is 19.3 Å². The Bertz CT molecular complexity index is 612. The number of esters is 1. The second-order valence-corrected chi connectivity index (χ2v) is 6.43. The number of unbranched alkanes of at least 4 members (excludes halogenated alkanes) is 8. The van der Waals surface area contributed by atoms with Crippen molar-refractivity contribution in [2.75, 3.05) is 6.61 Å². The van der Waals surface area contributed by atoms with Crippen LogP contribution >= 0.6 is 15.9 Å². The zero-order chi connectivity index (χ0) is 19.8. The number of ether oxygens (including phenoxy) is 1. The molecule has 0 fully saturated rings. The third kappa shape index (κ3) is 22.1. The normalized spacial score (nSPS) is 9.85. The Labute approximate surface area is 174 Å². The molecule has 3 heteroatoms. The number of halogens is 1. The Hall–Kier alpha value is -1.89. The van der Waals surface area contributed by atoms with E-state index in [-0.39, 0.29) is 5.97 Å². The summed E-state index contributed by atoms with van der Waals surface area (Å²) in [6.07, 6.45) is 16.8. The van der Waals surface area contributed by atoms with Crippen LogP contribution in [-0.4, -0.2) is 12.6 Å². The Morgan fingerprint density at radius 1 is 0.889 bits per heavy atom. The highest BCUT2D eigenvalue weighted by molar-refractivity contribution is 9.11. The highest BCUT2D eigenvalue weighted by Gasteiger charge is 2.00. The van der Waals surface area contributed by atoms with Crippen molar-refractivity contribution in [1.82, 2.24) is 0 Å². The van der Waals surface area contributed by atoms with E-state index in [4.69, 9.17) is 4.74 Å². The minimum atomic E-state index is -0.0775. The fraction of sp³-hybridized carbons (Fsp3) is 0.542. The lowest BCUT2D eigenvalue weighted by molar-refractivity contribution is -0.143. The summed E-state index contributed by atoms with van der Waals surface area (Å²) in [5.41, 5.74) is 0. The average molecular weight is 431 g/mol. The van der Waals surface area contributed by atoms with Crippen molar-refractivity contribution in [3.8, 4) is 35.5 Å². The van der Waals surface area contributed by atoms with Crippen molar-refractivity contribution in [3.05, 3.63) is 23.2 Å². The second kappa shape index (κ2) is 22.2. The lowest BCUT2D eigenvalue weighted by Gasteiger charge is -2.01. The topological polar surface area (TPSA) is 26.3 Å². The lowest BCUT2D eigenvalue weighted by atomic mass is 10.1. The van der Waals surface area contributed by atoms with Crippen LogP contribution in [0.25, 0.3) is 0 Å². The zero-order valence-electron chi connectivity index (χ0n) is 16.5. The second-order valence-electron chi connectivity index (χ2n) is 5.91. The maximum absolute atomic E-state index is 11.2. The van der Waals surface area contributed by atoms with Gasteiger partial charge >= 0.3 is 5.97 Å². The molecule has 146 valence electrons. The lowest BCUT2D eigenvalue weighted by Crippen LogP contribution is -2.03. The van der Waals surface area contributed by atoms with Crippen molar-refractivity contribution in [1.29, 1.82) is 0 Å². The Morgan fingerprint density at radius 3 is 2.22 bits per heavy atom. The van der Waals surface area contributed by atoms with E-state index in [1.54, 1.807) is 11.1 Å². The summed E-state index contributed by atoms with van der Waals surface area (Å²) in [5.74, 6) is 17.8. The molecule has 0 aromatic rings. The molecule has 0 aromatic heterocycles. The summed E-state index contributed by atoms with van der Waals surface area (Å²) in [4.78, 5) is 12.9. The van der Waals surface area contributed by atoms with Gasteiger partial charge in [0.2, 0.25) is 0 Å². The number of hydrogen-bond donors (Lipinski definition) is 0. The summed E-state index contributed by atoms with van der Waals surface area (Å²) in [6.45, 7) is 2.31. The minimum absolute atomic E-state index is 0.0775. The van der Waals surface area contributed by atoms with Crippen molar-refractivity contribution < 1.29 is 9.53 Å². The first-order valence-corrected chi connectivity index (χ1v) is 10.8. The maximum Gasteiger partial charge on any atom is 0.305 e. The van der Waals surface area contributed by atoms with Crippen LogP contribution in [0.1, 0.15) is 77.6 Å². The van der Waals surface area contributed by atoms with E-state index >= 15 is 0 Å². The monoisotopic (exact) mass is 430 g/mol. The average Bonchev–Trinajstić information content (AvgIpc) is 2.66. The van der Waals surface area contributed by atoms with Crippen molar-refractivity contribution in [2.24, 2.45) is 0 Å². The SMILES string of the molecule is CCOC(=O)CCCCCCCC#CC#CCCCC/C=C/C#C/C=C/Br. The molecule has 0 aliphatic carbocycles. The number of hydrogen-bond acceptors (Lipinski definition) is 2. The van der Waals surface area contributed by atoms with Crippen molar-refractivity contribution in [3.63, 3.8) is 0 Å². The Morgan fingerprint density at radius 2 is 1.52 bits per heavy atom. The predicted octanol–water partition coefficient (Wildman–Crippen LogP) is 6.32. The highest BCUT2D eigenvalue weighted by atomic mass is 79.9. The van der Waals surface area contributed by atoms with Gasteiger partial charge in [0.25, 0.3) is 0 Å². The van der Waals surface area contributed by atoms with Gasteiger partial charge in [0.1, 0.15) is 0 Å². The maximum atomic E-state index is 11.2. The Kier molecular flexibility index (Phi) is 20.6. The van der Waals surface area contributed by atoms with Crippen LogP contribution in [0.2, 0.25) is 0 Å². The first kappa shape index (κ1) is 25.1. The molecular formula is C24H31BrO2. The first-order valence-electron chi connectivity index (χ1n) is 9.84. The molecule has 0 amide bonds. The summed E-state index contributed by atoms with van der Waals surface area (Å²) in [5, 5.41) is 0. The first-order chi connectivity index (χ1) is 13.3. The van der Waals surface area contributed by atoms with Crippen LogP contribution in [0.5, 0.6) is 0 Å². The summed E-state index contributed by atoms with van der Waals surface area (Å²) in [6, 6.07) is 0. The molecule has 0 bridgehead atoms. The summed E-state index contributed by atoms with van der Waals surface area (Å²) < 4.78 is 4.90. The van der Waals surface area contributed by atoms with Crippen molar-refractivity contribution >= 4 is 21.9 Å². The quantitative estimate of drug-likeness (QED) is 0.205. The standard InChI is InChI=1S/C24H31BrO2/c1-2-27-24(26)22-20-18-16-14-12-10-8-6-4-3-5-7-9-11-13-15-17-19-21-23-25/h13,15,21,23H,2,5,7,9-12,14,16,18,20,22H2,1H3/b15-13+,23-21+. The molecule has 0 unspecified atom stereocenters. The van der Waals surface area contributed by atoms with E-state index in [1.807, 2.05) is 13.0 Å². The highest BCUT2D eigenvalue weighted by Crippen LogP contribution is 2.07. The van der Waals surface area contributed by atoms with Gasteiger partial charge in [-0.25, -0.2) is 0 Å². The fourth-order valence-electron chi connectivity index (χ4n) is 2.21. The van der Waals surface area contributed by atoms with E-state index < -0.39 is 0 Å². The summed E-state index contributed by atoms with van der Waals surface area (Å²) in [7, 11) is 0. The predicted molar refractivity (Wildman–Crippen MR) is 118 cm³/mol. The van der Waals surface area contributed by atoms with Crippen LogP contribution in [0.15, 0.2) is 23.2 Å². The van der Waals surface area contributed by atoms with Gasteiger partial charge in [-0.3, -0.25) is 4.79 Å². The van der Waals surface area contributed by atoms with E-state index in [9.17, 15) is 4.79 Å². The van der Waals surface area contributed by atoms with E-state index in [1.165, 1.54) is 0 Å². The van der Waals surface area contributed by atoms with E-state index in [0.29, 0.717) is 13.0 Å². The molecule has 0 heterocycles. The molecule has 0 aliphatic heterocycles. The Balaban J connectivity index is 3.45. The largest absolute Gasteiger partial charge is 0.466 e. The van der Waals surface area contributed by atoms with Crippen LogP contribution in [0, 0.1) is 35.5 Å². The molecular weight excluding hydrogens is 400 g/mol. The molecule has 0 N–H and O–H groups in total. The molecule has 0 aromatic carbocycles. The van der Waals surface area contributed by atoms with Gasteiger partial charge in [-0.05, 0) is 68.0 Å². The van der Waals surface area contributed by atoms with Crippen LogP contribution in [0.3, 0.4) is 0 Å². The van der Waals surface area contributed by atoms with E-state index in [2.05, 4.69) is 57.5 Å². The third-order valence-corrected chi connectivity index (χ3v) is 3.85. The number of carbonyl (C=O) groups is 1. The molecule has 0 atom stereocenters. The molecule has 2 nitrogen and oxygen atoms in total. The smallest absolute Gasteiger partial charge is 0.305 e.